The quantitative estimate of drug-likeness (QED) is 0.333. The summed E-state index contributed by atoms with van der Waals surface area (Å²) in [5, 5.41) is 0. The Kier molecular flexibility index (Phi) is 17.0. The minimum Gasteiger partial charge on any atom is -0.269 e. The molecule has 216 valence electrons. The van der Waals surface area contributed by atoms with Crippen molar-refractivity contribution in [1.82, 2.24) is 9.80 Å². The molecule has 50 heavy (non-hydrogen) atoms. The first-order valence-electron chi connectivity index (χ1n) is 12.8. The van der Waals surface area contributed by atoms with Gasteiger partial charge >= 0.3 is 0 Å². The van der Waals surface area contributed by atoms with Crippen LogP contribution in [0.4, 0.5) is 0 Å². The molecule has 2 heterocycles. The van der Waals surface area contributed by atoms with Gasteiger partial charge < -0.3 is 0 Å². The molecule has 0 N–H and O–H groups in total. The van der Waals surface area contributed by atoms with Gasteiger partial charge in [0.1, 0.15) is 0 Å². The summed E-state index contributed by atoms with van der Waals surface area (Å²) in [5.41, 5.74) is 83.3. The Morgan fingerprint density at radius 2 is 0.500 bits per heavy atom. The summed E-state index contributed by atoms with van der Waals surface area (Å²) in [6.45, 7) is 3.31. The monoisotopic (exact) mass is 626 g/mol. The van der Waals surface area contributed by atoms with Crippen LogP contribution >= 0.6 is 0 Å². The van der Waals surface area contributed by atoms with Crippen LogP contribution in [0.3, 0.4) is 0 Å². The van der Waals surface area contributed by atoms with Gasteiger partial charge in [0.2, 0.25) is 0 Å². The molecule has 0 atom stereocenters. The molecule has 6 nitrogen and oxygen atoms in total. The molecule has 0 aromatic heterocycles. The van der Waals surface area contributed by atoms with Crippen molar-refractivity contribution in [2.75, 3.05) is 0 Å². The lowest BCUT2D eigenvalue weighted by atomic mass is 10.4. The van der Waals surface area contributed by atoms with Crippen LogP contribution in [0.1, 0.15) is 0 Å². The second-order valence-electron chi connectivity index (χ2n) is 7.32. The summed E-state index contributed by atoms with van der Waals surface area (Å²) in [7, 11) is 0. The molecule has 0 aromatic carbocycles. The molecule has 0 saturated carbocycles. The lowest BCUT2D eigenvalue weighted by molar-refractivity contribution is -0.140. The summed E-state index contributed by atoms with van der Waals surface area (Å²) in [6, 6.07) is 0. The van der Waals surface area contributed by atoms with Crippen molar-refractivity contribution in [3.63, 3.8) is 0 Å². The number of rotatable bonds is 2. The Hall–Kier alpha value is -9.98. The number of imide groups is 2. The van der Waals surface area contributed by atoms with Crippen molar-refractivity contribution >= 4 is 23.6 Å². The van der Waals surface area contributed by atoms with E-state index in [4.69, 9.17) is 0 Å². The zero-order valence-corrected chi connectivity index (χ0v) is 25.0. The predicted molar refractivity (Wildman–Crippen MR) is 171 cm³/mol. The zero-order valence-electron chi connectivity index (χ0n) is 25.0. The lowest BCUT2D eigenvalue weighted by Crippen LogP contribution is -2.41. The first-order chi connectivity index (χ1) is 24.6. The van der Waals surface area contributed by atoms with Gasteiger partial charge in [-0.2, -0.15) is 0 Å². The smallest absolute Gasteiger partial charge is 0.259 e. The molecule has 0 unspecified atom stereocenters. The maximum Gasteiger partial charge on any atom is 0.259 e. The van der Waals surface area contributed by atoms with E-state index in [0.29, 0.717) is 9.80 Å². The van der Waals surface area contributed by atoms with Crippen LogP contribution in [0.15, 0.2) is 232 Å². The Bertz CT molecular complexity index is 3000. The van der Waals surface area contributed by atoms with E-state index in [1.165, 1.54) is 0 Å². The van der Waals surface area contributed by atoms with Crippen molar-refractivity contribution in [2.24, 2.45) is 0 Å². The number of hydrogen-bond donors (Lipinski definition) is 0. The van der Waals surface area contributed by atoms with Crippen molar-refractivity contribution < 1.29 is 19.2 Å². The molecule has 0 aliphatic carbocycles. The zero-order chi connectivity index (χ0) is 35.9. The Labute approximate surface area is 283 Å². The van der Waals surface area contributed by atoms with E-state index in [2.05, 4.69) is 201 Å². The normalized spacial score (nSPS) is 8.88. The highest BCUT2D eigenvalue weighted by atomic mass is 16.2. The molecule has 0 fully saturated rings. The van der Waals surface area contributed by atoms with Crippen molar-refractivity contribution in [1.29, 1.82) is 0 Å². The van der Waals surface area contributed by atoms with Crippen molar-refractivity contribution in [3.8, 4) is 0 Å². The van der Waals surface area contributed by atoms with Gasteiger partial charge in [0.15, 0.2) is 5.82 Å². The van der Waals surface area contributed by atoms with E-state index in [-0.39, 0.29) is 0 Å². The molecule has 4 amide bonds. The molecular formula is C44H6N2O4. The highest BCUT2D eigenvalue weighted by Gasteiger charge is 2.37. The third kappa shape index (κ3) is 15.0. The average molecular weight is 627 g/mol. The predicted octanol–water partition coefficient (Wildman–Crippen LogP) is 4.58. The fourth-order valence-corrected chi connectivity index (χ4v) is 2.50. The van der Waals surface area contributed by atoms with E-state index in [1.807, 2.05) is 0 Å². The summed E-state index contributed by atoms with van der Waals surface area (Å²) < 4.78 is 0. The number of hydrogen-bond acceptors (Lipinski definition) is 4. The Morgan fingerprint density at radius 3 is 0.700 bits per heavy atom. The van der Waals surface area contributed by atoms with Gasteiger partial charge in [0.25, 0.3) is 23.6 Å². The van der Waals surface area contributed by atoms with E-state index < -0.39 is 29.4 Å². The van der Waals surface area contributed by atoms with Gasteiger partial charge in [-0.3, -0.25) is 19.2 Å². The number of amides is 4. The summed E-state index contributed by atoms with van der Waals surface area (Å²) in [6.07, 6.45) is 3.96. The SMILES string of the molecule is C=C=C=C=C=C=C=C=C=C=C=C=C=C=C=C=C=C=C=C=C=C=C=C=C=C=C=C=C=C=C=C=C=C=C=C(N1C(=O)C=CC1=O)N1C(=O)C=CC1=O. The highest BCUT2D eigenvalue weighted by Crippen LogP contribution is 2.19. The van der Waals surface area contributed by atoms with E-state index in [9.17, 15) is 19.2 Å². The number of carbonyl (C=O) groups excluding carboxylic acids is 4. The third-order valence-electron chi connectivity index (χ3n) is 4.24. The van der Waals surface area contributed by atoms with Gasteiger partial charge in [-0.05, 0) is 104 Å². The average Bonchev–Trinajstić information content (AvgIpc) is 3.63. The lowest BCUT2D eigenvalue weighted by Gasteiger charge is -2.22. The molecule has 0 radical (unpaired) electrons. The molecule has 2 aliphatic rings. The van der Waals surface area contributed by atoms with Crippen molar-refractivity contribution in [2.45, 2.75) is 0 Å². The molecule has 6 heteroatoms. The molecular weight excluding hydrogens is 620 g/mol. The number of nitrogens with zero attached hydrogens (tertiary/aromatic N) is 2. The Balaban J connectivity index is 2.33. The largest absolute Gasteiger partial charge is 0.269 e. The van der Waals surface area contributed by atoms with Crippen LogP contribution in [0.2, 0.25) is 0 Å². The van der Waals surface area contributed by atoms with E-state index in [1.54, 1.807) is 0 Å². The number of carbonyl (C=O) groups is 4. The summed E-state index contributed by atoms with van der Waals surface area (Å²) >= 11 is 0. The topological polar surface area (TPSA) is 74.8 Å². The summed E-state index contributed by atoms with van der Waals surface area (Å²) in [4.78, 5) is 49.2. The van der Waals surface area contributed by atoms with Gasteiger partial charge in [0, 0.05) is 116 Å². The standard InChI is InChI=1S/C44H6N2O4/c1-2-3-4-5-6-7-8-9-10-11-12-13-14-15-16-17-18-19-20-21-22-23-24-25-26-27-28-29-30-31-32-33-34-35-40(45-41(47)36-37-42(45)48)46-43(49)38-39-44(46)50/h36-39H,1H2. The first kappa shape index (κ1) is 36.2. The molecule has 2 rings (SSSR count). The molecule has 0 spiro atoms. The highest BCUT2D eigenvalue weighted by molar-refractivity contribution is 6.18. The maximum atomic E-state index is 12.0. The van der Waals surface area contributed by atoms with Gasteiger partial charge in [-0.15, -0.1) is 0 Å². The second-order valence-corrected chi connectivity index (χ2v) is 7.32. The Morgan fingerprint density at radius 1 is 0.320 bits per heavy atom. The van der Waals surface area contributed by atoms with Crippen LogP contribution in [-0.4, -0.2) is 33.4 Å². The fourth-order valence-electron chi connectivity index (χ4n) is 2.50. The molecule has 0 aromatic rings. The minimum atomic E-state index is -0.755. The fraction of sp³-hybridized carbons (Fsp3) is 0. The summed E-state index contributed by atoms with van der Waals surface area (Å²) in [5.74, 6) is -3.45. The van der Waals surface area contributed by atoms with Crippen molar-refractivity contribution in [3.05, 3.63) is 232 Å². The maximum absolute atomic E-state index is 12.0. The van der Waals surface area contributed by atoms with Gasteiger partial charge in [0.05, 0.1) is 0 Å². The van der Waals surface area contributed by atoms with E-state index >= 15 is 0 Å². The molecule has 0 bridgehead atoms. The third-order valence-corrected chi connectivity index (χ3v) is 4.24. The van der Waals surface area contributed by atoms with E-state index in [0.717, 1.165) is 24.3 Å². The van der Waals surface area contributed by atoms with Gasteiger partial charge in [-0.1, -0.05) is 5.73 Å². The van der Waals surface area contributed by atoms with Crippen LogP contribution < -0.4 is 0 Å². The minimum absolute atomic E-state index is 0.432. The van der Waals surface area contributed by atoms with Crippen LogP contribution in [0.5, 0.6) is 0 Å². The van der Waals surface area contributed by atoms with Crippen LogP contribution in [-0.2, 0) is 19.2 Å². The van der Waals surface area contributed by atoms with Crippen LogP contribution in [0, 0.1) is 0 Å². The molecule has 0 saturated heterocycles. The second kappa shape index (κ2) is 23.5. The van der Waals surface area contributed by atoms with Gasteiger partial charge in [-0.25, -0.2) is 9.80 Å². The first-order valence-corrected chi connectivity index (χ1v) is 12.8. The molecule has 2 aliphatic heterocycles. The van der Waals surface area contributed by atoms with Crippen LogP contribution in [0.25, 0.3) is 0 Å².